The van der Waals surface area contributed by atoms with Gasteiger partial charge in [0, 0.05) is 0 Å². The molecule has 0 radical (unpaired) electrons. The molecular weight excluding hydrogens is 302 g/mol. The molecule has 134 valence electrons. The Morgan fingerprint density at radius 1 is 1.17 bits per heavy atom. The maximum absolute atomic E-state index is 12.1. The highest BCUT2D eigenvalue weighted by atomic mass is 16.6. The van der Waals surface area contributed by atoms with E-state index in [1.165, 1.54) is 0 Å². The standard InChI is InChI=1S/C15H29N3O5/c1-5-22-12(19)10-17-13(20)11(8-6-7-9-16)18-14(21)23-15(2,3)4/h11H,5-10,16H2,1-4H3,(H,17,20)(H,18,21)/t11-/m0/s1. The lowest BCUT2D eigenvalue weighted by molar-refractivity contribution is -0.143. The minimum atomic E-state index is -0.786. The Morgan fingerprint density at radius 3 is 2.35 bits per heavy atom. The summed E-state index contributed by atoms with van der Waals surface area (Å²) in [6, 6.07) is -0.786. The molecule has 1 atom stereocenters. The Balaban J connectivity index is 4.56. The molecule has 0 spiro atoms. The second-order valence-corrected chi connectivity index (χ2v) is 6.01. The fraction of sp³-hybridized carbons (Fsp3) is 0.800. The average Bonchev–Trinajstić information content (AvgIpc) is 2.42. The fourth-order valence-corrected chi connectivity index (χ4v) is 1.71. The monoisotopic (exact) mass is 331 g/mol. The number of ether oxygens (including phenoxy) is 2. The highest BCUT2D eigenvalue weighted by Crippen LogP contribution is 2.08. The normalized spacial score (nSPS) is 12.2. The van der Waals surface area contributed by atoms with Crippen molar-refractivity contribution in [3.63, 3.8) is 0 Å². The first-order chi connectivity index (χ1) is 10.7. The van der Waals surface area contributed by atoms with Crippen LogP contribution in [0.5, 0.6) is 0 Å². The largest absolute Gasteiger partial charge is 0.465 e. The summed E-state index contributed by atoms with van der Waals surface area (Å²) in [6.07, 6.45) is 1.13. The Hall–Kier alpha value is -1.83. The summed E-state index contributed by atoms with van der Waals surface area (Å²) in [5.41, 5.74) is 4.77. The molecule has 0 aliphatic rings. The van der Waals surface area contributed by atoms with Crippen LogP contribution in [0.3, 0.4) is 0 Å². The predicted molar refractivity (Wildman–Crippen MR) is 85.7 cm³/mol. The second kappa shape index (κ2) is 10.8. The van der Waals surface area contributed by atoms with E-state index in [0.29, 0.717) is 19.4 Å². The van der Waals surface area contributed by atoms with Gasteiger partial charge in [0.1, 0.15) is 18.2 Å². The van der Waals surface area contributed by atoms with Crippen molar-refractivity contribution >= 4 is 18.0 Å². The van der Waals surface area contributed by atoms with E-state index in [9.17, 15) is 14.4 Å². The average molecular weight is 331 g/mol. The van der Waals surface area contributed by atoms with Crippen LogP contribution in [-0.2, 0) is 19.1 Å². The van der Waals surface area contributed by atoms with E-state index in [1.54, 1.807) is 27.7 Å². The van der Waals surface area contributed by atoms with Gasteiger partial charge in [0.15, 0.2) is 0 Å². The summed E-state index contributed by atoms with van der Waals surface area (Å²) in [5.74, 6) is -0.986. The van der Waals surface area contributed by atoms with Crippen molar-refractivity contribution in [2.75, 3.05) is 19.7 Å². The van der Waals surface area contributed by atoms with Gasteiger partial charge in [0.2, 0.25) is 5.91 Å². The van der Waals surface area contributed by atoms with E-state index in [4.69, 9.17) is 15.2 Å². The molecule has 0 rings (SSSR count). The van der Waals surface area contributed by atoms with Crippen molar-refractivity contribution in [2.45, 2.75) is 58.6 Å². The number of alkyl carbamates (subject to hydrolysis) is 1. The zero-order valence-electron chi connectivity index (χ0n) is 14.4. The Morgan fingerprint density at radius 2 is 1.83 bits per heavy atom. The molecule has 0 aromatic heterocycles. The summed E-state index contributed by atoms with van der Waals surface area (Å²) in [4.78, 5) is 35.2. The minimum Gasteiger partial charge on any atom is -0.465 e. The molecule has 4 N–H and O–H groups in total. The number of esters is 1. The lowest BCUT2D eigenvalue weighted by Crippen LogP contribution is -2.49. The number of carbonyl (C=O) groups is 3. The quantitative estimate of drug-likeness (QED) is 0.422. The number of carbonyl (C=O) groups excluding carboxylic acids is 3. The van der Waals surface area contributed by atoms with Crippen LogP contribution in [-0.4, -0.2) is 49.3 Å². The Kier molecular flexibility index (Phi) is 9.96. The zero-order chi connectivity index (χ0) is 17.9. The van der Waals surface area contributed by atoms with E-state index < -0.39 is 29.6 Å². The molecule has 8 nitrogen and oxygen atoms in total. The summed E-state index contributed by atoms with van der Waals surface area (Å²) >= 11 is 0. The SMILES string of the molecule is CCOC(=O)CNC(=O)[C@H](CCCCN)NC(=O)OC(C)(C)C. The zero-order valence-corrected chi connectivity index (χ0v) is 14.4. The molecule has 0 unspecified atom stereocenters. The number of hydrogen-bond donors (Lipinski definition) is 3. The van der Waals surface area contributed by atoms with Gasteiger partial charge in [-0.05, 0) is 53.5 Å². The first-order valence-corrected chi connectivity index (χ1v) is 7.82. The van der Waals surface area contributed by atoms with Crippen LogP contribution in [0.25, 0.3) is 0 Å². The first-order valence-electron chi connectivity index (χ1n) is 7.82. The van der Waals surface area contributed by atoms with Crippen molar-refractivity contribution in [3.05, 3.63) is 0 Å². The lowest BCUT2D eigenvalue weighted by Gasteiger charge is -2.23. The van der Waals surface area contributed by atoms with Crippen LogP contribution in [0.2, 0.25) is 0 Å². The highest BCUT2D eigenvalue weighted by molar-refractivity contribution is 5.88. The van der Waals surface area contributed by atoms with Gasteiger partial charge in [-0.2, -0.15) is 0 Å². The summed E-state index contributed by atoms with van der Waals surface area (Å²) in [6.45, 7) is 7.38. The van der Waals surface area contributed by atoms with Crippen LogP contribution < -0.4 is 16.4 Å². The van der Waals surface area contributed by atoms with Crippen LogP contribution in [0.1, 0.15) is 47.0 Å². The molecule has 0 aliphatic carbocycles. The van der Waals surface area contributed by atoms with Gasteiger partial charge in [0.25, 0.3) is 0 Å². The summed E-state index contributed by atoms with van der Waals surface area (Å²) < 4.78 is 9.88. The third kappa shape index (κ3) is 11.4. The van der Waals surface area contributed by atoms with Crippen molar-refractivity contribution in [3.8, 4) is 0 Å². The Labute approximate surface area is 137 Å². The molecule has 0 aromatic carbocycles. The van der Waals surface area contributed by atoms with Gasteiger partial charge in [-0.25, -0.2) is 4.79 Å². The molecule has 0 saturated heterocycles. The molecule has 0 aromatic rings. The fourth-order valence-electron chi connectivity index (χ4n) is 1.71. The van der Waals surface area contributed by atoms with Gasteiger partial charge in [-0.3, -0.25) is 9.59 Å². The molecule has 0 fully saturated rings. The molecule has 0 bridgehead atoms. The van der Waals surface area contributed by atoms with E-state index in [1.807, 2.05) is 0 Å². The van der Waals surface area contributed by atoms with E-state index in [2.05, 4.69) is 10.6 Å². The van der Waals surface area contributed by atoms with Gasteiger partial charge < -0.3 is 25.8 Å². The molecule has 0 heterocycles. The number of unbranched alkanes of at least 4 members (excludes halogenated alkanes) is 1. The maximum Gasteiger partial charge on any atom is 0.408 e. The number of nitrogens with one attached hydrogen (secondary N) is 2. The van der Waals surface area contributed by atoms with Crippen LogP contribution in [0, 0.1) is 0 Å². The van der Waals surface area contributed by atoms with Crippen molar-refractivity contribution in [1.29, 1.82) is 0 Å². The summed E-state index contributed by atoms with van der Waals surface area (Å²) in [5, 5.41) is 4.97. The maximum atomic E-state index is 12.1. The van der Waals surface area contributed by atoms with Gasteiger partial charge >= 0.3 is 12.1 Å². The lowest BCUT2D eigenvalue weighted by atomic mass is 10.1. The molecule has 0 aliphatic heterocycles. The smallest absolute Gasteiger partial charge is 0.408 e. The highest BCUT2D eigenvalue weighted by Gasteiger charge is 2.24. The van der Waals surface area contributed by atoms with Crippen molar-refractivity contribution < 1.29 is 23.9 Å². The van der Waals surface area contributed by atoms with E-state index >= 15 is 0 Å². The number of amides is 2. The Bertz CT molecular complexity index is 393. The predicted octanol–water partition coefficient (Wildman–Crippen LogP) is 0.688. The van der Waals surface area contributed by atoms with E-state index in [-0.39, 0.29) is 13.2 Å². The minimum absolute atomic E-state index is 0.240. The van der Waals surface area contributed by atoms with Gasteiger partial charge in [0.05, 0.1) is 6.61 Å². The molecule has 23 heavy (non-hydrogen) atoms. The molecule has 2 amide bonds. The third-order valence-electron chi connectivity index (χ3n) is 2.67. The topological polar surface area (TPSA) is 120 Å². The van der Waals surface area contributed by atoms with Crippen LogP contribution >= 0.6 is 0 Å². The third-order valence-corrected chi connectivity index (χ3v) is 2.67. The number of hydrogen-bond acceptors (Lipinski definition) is 6. The number of nitrogens with two attached hydrogens (primary N) is 1. The van der Waals surface area contributed by atoms with Crippen molar-refractivity contribution in [1.82, 2.24) is 10.6 Å². The van der Waals surface area contributed by atoms with Gasteiger partial charge in [-0.15, -0.1) is 0 Å². The second-order valence-electron chi connectivity index (χ2n) is 6.01. The van der Waals surface area contributed by atoms with Crippen LogP contribution in [0.15, 0.2) is 0 Å². The summed E-state index contributed by atoms with van der Waals surface area (Å²) in [7, 11) is 0. The first kappa shape index (κ1) is 21.2. The van der Waals surface area contributed by atoms with Gasteiger partial charge in [-0.1, -0.05) is 0 Å². The number of rotatable bonds is 9. The van der Waals surface area contributed by atoms with Crippen LogP contribution in [0.4, 0.5) is 4.79 Å². The van der Waals surface area contributed by atoms with E-state index in [0.717, 1.165) is 6.42 Å². The molecule has 0 saturated carbocycles. The van der Waals surface area contributed by atoms with Crippen molar-refractivity contribution in [2.24, 2.45) is 5.73 Å². The molecular formula is C15H29N3O5. The molecule has 8 heteroatoms.